The van der Waals surface area contributed by atoms with Crippen LogP contribution in [-0.2, 0) is 37.7 Å². The second kappa shape index (κ2) is 17.9. The highest BCUT2D eigenvalue weighted by atomic mass is 16.5. The van der Waals surface area contributed by atoms with Gasteiger partial charge < -0.3 is 18.9 Å². The van der Waals surface area contributed by atoms with E-state index in [0.717, 1.165) is 31.2 Å². The van der Waals surface area contributed by atoms with Crippen molar-refractivity contribution in [3.05, 3.63) is 165 Å². The molecule has 2 aliphatic rings. The smallest absolute Gasteiger partial charge is 0.343 e. The van der Waals surface area contributed by atoms with E-state index in [1.165, 1.54) is 22.3 Å². The van der Waals surface area contributed by atoms with Crippen molar-refractivity contribution in [2.45, 2.75) is 116 Å². The van der Waals surface area contributed by atoms with Crippen LogP contribution >= 0.6 is 0 Å². The maximum absolute atomic E-state index is 12.8. The molecule has 0 saturated carbocycles. The van der Waals surface area contributed by atoms with E-state index >= 15 is 0 Å². The number of hydrogen-bond acceptors (Lipinski definition) is 8. The van der Waals surface area contributed by atoms with Crippen molar-refractivity contribution >= 4 is 23.9 Å². The third-order valence-electron chi connectivity index (χ3n) is 12.3. The highest BCUT2D eigenvalue weighted by Crippen LogP contribution is 2.47. The predicted octanol–water partition coefficient (Wildman–Crippen LogP) is 12.0. The second-order valence-electron chi connectivity index (χ2n) is 18.7. The summed E-state index contributed by atoms with van der Waals surface area (Å²) in [5.74, 6) is -0.828. The van der Waals surface area contributed by atoms with E-state index in [-0.39, 0.29) is 34.2 Å². The zero-order valence-electron chi connectivity index (χ0n) is 37.0. The summed E-state index contributed by atoms with van der Waals surface area (Å²) < 4.78 is 21.4. The van der Waals surface area contributed by atoms with Gasteiger partial charge in [0.15, 0.2) is 0 Å². The molecule has 8 nitrogen and oxygen atoms in total. The van der Waals surface area contributed by atoms with Crippen LogP contribution in [0.5, 0.6) is 11.5 Å². The molecular weight excluding hydrogens is 765 g/mol. The summed E-state index contributed by atoms with van der Waals surface area (Å²) in [4.78, 5) is 49.5. The third kappa shape index (κ3) is 10.5. The first kappa shape index (κ1) is 44.5. The van der Waals surface area contributed by atoms with Gasteiger partial charge in [-0.25, -0.2) is 19.2 Å². The van der Waals surface area contributed by atoms with E-state index in [9.17, 15) is 19.2 Å². The minimum Gasteiger partial charge on any atom is -0.462 e. The molecule has 0 heterocycles. The number of carbonyl (C=O) groups excluding carboxylic acids is 4. The summed E-state index contributed by atoms with van der Waals surface area (Å²) >= 11 is 0. The standard InChI is InChI=1S/C29H30O4.C24H28O4/c1-28(2)16-17-29(3,4)25-18-22(12-15-24(25)28)27(31)33-23-13-10-21(11-14-23)26(30)32-19-20-8-6-5-7-9-20;1-6-27-21(25)16-7-10-18(11-8-16)28-22(26)17-9-12-19-20(15-17)24(4,5)14-13-23(19,2)3/h5-15,18H,16-17,19H2,1-4H3;7-12,15H,6,13-14H2,1-5H3. The van der Waals surface area contributed by atoms with E-state index < -0.39 is 17.9 Å². The van der Waals surface area contributed by atoms with Crippen molar-refractivity contribution in [2.24, 2.45) is 0 Å². The number of rotatable bonds is 9. The van der Waals surface area contributed by atoms with Crippen LogP contribution in [0.3, 0.4) is 0 Å². The Morgan fingerprint density at radius 1 is 0.426 bits per heavy atom. The first-order valence-corrected chi connectivity index (χ1v) is 21.1. The van der Waals surface area contributed by atoms with Gasteiger partial charge in [-0.1, -0.05) is 97.9 Å². The van der Waals surface area contributed by atoms with Crippen molar-refractivity contribution < 1.29 is 38.1 Å². The summed E-state index contributed by atoms with van der Waals surface area (Å²) in [7, 11) is 0. The summed E-state index contributed by atoms with van der Waals surface area (Å²) in [6, 6.07) is 34.1. The van der Waals surface area contributed by atoms with Gasteiger partial charge in [-0.3, -0.25) is 0 Å². The van der Waals surface area contributed by atoms with Crippen molar-refractivity contribution in [1.82, 2.24) is 0 Å². The molecule has 0 N–H and O–H groups in total. The highest BCUT2D eigenvalue weighted by molar-refractivity contribution is 5.93. The molecule has 8 heteroatoms. The largest absolute Gasteiger partial charge is 0.462 e. The van der Waals surface area contributed by atoms with E-state index in [0.29, 0.717) is 40.4 Å². The molecule has 318 valence electrons. The molecule has 0 saturated heterocycles. The van der Waals surface area contributed by atoms with Gasteiger partial charge in [0, 0.05) is 0 Å². The average Bonchev–Trinajstić information content (AvgIpc) is 3.24. The molecule has 0 aromatic heterocycles. The van der Waals surface area contributed by atoms with Crippen molar-refractivity contribution in [1.29, 1.82) is 0 Å². The Bertz CT molecular complexity index is 2390. The fourth-order valence-electron chi connectivity index (χ4n) is 8.10. The number of fused-ring (bicyclic) bond motifs is 2. The maximum atomic E-state index is 12.8. The Kier molecular flexibility index (Phi) is 13.1. The molecule has 0 radical (unpaired) electrons. The quantitative estimate of drug-likeness (QED) is 0.107. The molecule has 0 spiro atoms. The predicted molar refractivity (Wildman–Crippen MR) is 238 cm³/mol. The van der Waals surface area contributed by atoms with Crippen LogP contribution in [0.4, 0.5) is 0 Å². The lowest BCUT2D eigenvalue weighted by molar-refractivity contribution is 0.0471. The zero-order chi connectivity index (χ0) is 44.2. The normalized spacial score (nSPS) is 16.3. The molecule has 7 rings (SSSR count). The van der Waals surface area contributed by atoms with E-state index in [2.05, 4.69) is 67.5 Å². The molecule has 0 fully saturated rings. The maximum Gasteiger partial charge on any atom is 0.343 e. The number of esters is 4. The fourth-order valence-corrected chi connectivity index (χ4v) is 8.10. The topological polar surface area (TPSA) is 105 Å². The van der Waals surface area contributed by atoms with Gasteiger partial charge in [-0.2, -0.15) is 0 Å². The molecule has 0 unspecified atom stereocenters. The molecule has 5 aromatic rings. The van der Waals surface area contributed by atoms with Gasteiger partial charge in [0.2, 0.25) is 0 Å². The molecule has 0 atom stereocenters. The van der Waals surface area contributed by atoms with Crippen LogP contribution in [0.2, 0.25) is 0 Å². The average molecular weight is 823 g/mol. The lowest BCUT2D eigenvalue weighted by Gasteiger charge is -2.41. The number of hydrogen-bond donors (Lipinski definition) is 0. The van der Waals surface area contributed by atoms with Gasteiger partial charge in [0.25, 0.3) is 0 Å². The van der Waals surface area contributed by atoms with Gasteiger partial charge in [0.05, 0.1) is 28.9 Å². The second-order valence-corrected chi connectivity index (χ2v) is 18.7. The van der Waals surface area contributed by atoms with Gasteiger partial charge >= 0.3 is 23.9 Å². The number of benzene rings is 5. The molecular formula is C53H58O8. The summed E-state index contributed by atoms with van der Waals surface area (Å²) in [5, 5.41) is 0. The molecule has 0 amide bonds. The first-order valence-electron chi connectivity index (χ1n) is 21.1. The van der Waals surface area contributed by atoms with E-state index in [1.54, 1.807) is 55.5 Å². The van der Waals surface area contributed by atoms with Gasteiger partial charge in [-0.05, 0) is 155 Å². The van der Waals surface area contributed by atoms with Crippen LogP contribution in [0.1, 0.15) is 157 Å². The molecule has 2 aliphatic carbocycles. The van der Waals surface area contributed by atoms with Crippen LogP contribution < -0.4 is 9.47 Å². The summed E-state index contributed by atoms with van der Waals surface area (Å²) in [6.45, 7) is 20.2. The van der Waals surface area contributed by atoms with Crippen molar-refractivity contribution in [3.63, 3.8) is 0 Å². The van der Waals surface area contributed by atoms with Crippen molar-refractivity contribution in [3.8, 4) is 11.5 Å². The summed E-state index contributed by atoms with van der Waals surface area (Å²) in [6.07, 6.45) is 4.41. The highest BCUT2D eigenvalue weighted by Gasteiger charge is 2.38. The zero-order valence-corrected chi connectivity index (χ0v) is 37.0. The first-order chi connectivity index (χ1) is 28.8. The van der Waals surface area contributed by atoms with Crippen LogP contribution in [0.25, 0.3) is 0 Å². The van der Waals surface area contributed by atoms with E-state index in [4.69, 9.17) is 18.9 Å². The summed E-state index contributed by atoms with van der Waals surface area (Å²) in [5.41, 5.74) is 8.12. The molecule has 61 heavy (non-hydrogen) atoms. The monoisotopic (exact) mass is 822 g/mol. The Morgan fingerprint density at radius 2 is 0.787 bits per heavy atom. The minimum atomic E-state index is -0.420. The Hall–Kier alpha value is -6.02. The molecule has 5 aromatic carbocycles. The Morgan fingerprint density at radius 3 is 1.18 bits per heavy atom. The van der Waals surface area contributed by atoms with Gasteiger partial charge in [-0.15, -0.1) is 0 Å². The lowest BCUT2D eigenvalue weighted by atomic mass is 9.63. The molecule has 0 aliphatic heterocycles. The fraction of sp³-hybridized carbons (Fsp3) is 0.358. The van der Waals surface area contributed by atoms with Crippen molar-refractivity contribution in [2.75, 3.05) is 6.61 Å². The third-order valence-corrected chi connectivity index (χ3v) is 12.3. The van der Waals surface area contributed by atoms with Crippen LogP contribution in [0, 0.1) is 0 Å². The lowest BCUT2D eigenvalue weighted by Crippen LogP contribution is -2.34. The Balaban J connectivity index is 0.000000207. The minimum absolute atomic E-state index is 0.0168. The van der Waals surface area contributed by atoms with E-state index in [1.807, 2.05) is 54.6 Å². The number of carbonyl (C=O) groups is 4. The Labute approximate surface area is 360 Å². The van der Waals surface area contributed by atoms with Crippen LogP contribution in [-0.4, -0.2) is 30.5 Å². The van der Waals surface area contributed by atoms with Crippen LogP contribution in [0.15, 0.2) is 115 Å². The molecule has 0 bridgehead atoms. The SMILES string of the molecule is CC1(C)CCC(C)(C)c2cc(C(=O)Oc3ccc(C(=O)OCc4ccccc4)cc3)ccc21.CCOC(=O)c1ccc(OC(=O)c2ccc3c(c2)C(C)(C)CCC3(C)C)cc1. The number of ether oxygens (including phenoxy) is 4. The van der Waals surface area contributed by atoms with Gasteiger partial charge in [0.1, 0.15) is 18.1 Å².